The summed E-state index contributed by atoms with van der Waals surface area (Å²) in [7, 11) is 0. The number of hydrogen-bond donors (Lipinski definition) is 0. The zero-order valence-electron chi connectivity index (χ0n) is 9.47. The van der Waals surface area contributed by atoms with Crippen molar-refractivity contribution in [2.45, 2.75) is 0 Å². The largest absolute Gasteiger partial charge is 5.00 e. The average molecular weight is 375 g/mol. The molecule has 0 rings (SSSR count). The van der Waals surface area contributed by atoms with Crippen molar-refractivity contribution >= 4 is 0 Å². The molecule has 0 aliphatic rings. The monoisotopic (exact) mass is 375 g/mol. The van der Waals surface area contributed by atoms with Gasteiger partial charge in [-0.05, 0) is 0 Å². The van der Waals surface area contributed by atoms with Crippen molar-refractivity contribution in [2.24, 2.45) is 0 Å². The van der Waals surface area contributed by atoms with Gasteiger partial charge in [0.25, 0.3) is 0 Å². The minimum Gasteiger partial charge on any atom is -0.512 e. The molecule has 0 aromatic heterocycles. The second-order valence-corrected chi connectivity index (χ2v) is 0. The average Bonchev–Trinajstić information content (AvgIpc) is 2.63. The molecule has 0 saturated carbocycles. The van der Waals surface area contributed by atoms with E-state index in [1.54, 1.807) is 0 Å². The minimum atomic E-state index is 0. The quantitative estimate of drug-likeness (QED) is 0.433. The van der Waals surface area contributed by atoms with Gasteiger partial charge in [0.05, 0.1) is 0 Å². The predicted molar refractivity (Wildman–Crippen MR) is 44.7 cm³/mol. The Bertz CT molecular complexity index is 158. The van der Waals surface area contributed by atoms with Gasteiger partial charge in [-0.25, -0.2) is 0 Å². The summed E-state index contributed by atoms with van der Waals surface area (Å²) in [4.78, 5) is 0. The molecule has 90 valence electrons. The molecule has 0 fully saturated rings. The number of rotatable bonds is 0. The van der Waals surface area contributed by atoms with Crippen LogP contribution in [-0.4, -0.2) is 0 Å². The Morgan fingerprint density at radius 2 is 0.250 bits per heavy atom. The molecular formula is C9N9NbTi. The molecule has 9 nitrogen and oxygen atoms in total. The van der Waals surface area contributed by atoms with Crippen LogP contribution >= 0.6 is 0 Å². The molecular weight excluding hydrogens is 375 g/mol. The Kier molecular flexibility index (Phi) is 2200. The second kappa shape index (κ2) is 357. The smallest absolute Gasteiger partial charge is 0.512 e. The van der Waals surface area contributed by atoms with Gasteiger partial charge in [0.1, 0.15) is 0 Å². The Labute approximate surface area is 150 Å². The molecule has 0 bridgehead atoms. The first-order chi connectivity index (χ1) is 9.00. The summed E-state index contributed by atoms with van der Waals surface area (Å²) < 4.78 is 0. The van der Waals surface area contributed by atoms with Crippen LogP contribution in [0.3, 0.4) is 0 Å². The third-order valence-electron chi connectivity index (χ3n) is 0. The van der Waals surface area contributed by atoms with Gasteiger partial charge in [0.15, 0.2) is 0 Å². The van der Waals surface area contributed by atoms with Gasteiger partial charge in [-0.2, -0.15) is 0 Å². The third-order valence-corrected chi connectivity index (χ3v) is 0. The Balaban J connectivity index is -0.00000000500. The van der Waals surface area contributed by atoms with E-state index in [2.05, 4.69) is 0 Å². The van der Waals surface area contributed by atoms with Gasteiger partial charge in [0, 0.05) is 0 Å². The van der Waals surface area contributed by atoms with Gasteiger partial charge in [-0.1, -0.05) is 0 Å². The van der Waals surface area contributed by atoms with Crippen molar-refractivity contribution in [3.05, 3.63) is 59.1 Å². The molecule has 11 heteroatoms. The van der Waals surface area contributed by atoms with Gasteiger partial charge in [-0.3, -0.25) is 0 Å². The Morgan fingerprint density at radius 3 is 0.250 bits per heavy atom. The first-order valence-corrected chi connectivity index (χ1v) is 2.01. The van der Waals surface area contributed by atoms with Crippen LogP contribution in [0.25, 0.3) is 0 Å². The maximum Gasteiger partial charge on any atom is 5.00 e. The molecule has 0 atom stereocenters. The Morgan fingerprint density at radius 1 is 0.250 bits per heavy atom. The van der Waals surface area contributed by atoms with Gasteiger partial charge >= 0.3 is 44.1 Å². The first kappa shape index (κ1) is 123. The van der Waals surface area contributed by atoms with Crippen LogP contribution in [0.15, 0.2) is 0 Å². The van der Waals surface area contributed by atoms with Gasteiger partial charge < -0.3 is 107 Å². The molecule has 0 amide bonds. The first-order valence-electron chi connectivity index (χ1n) is 2.01. The molecule has 0 heterocycles. The van der Waals surface area contributed by atoms with Crippen molar-refractivity contribution in [3.63, 3.8) is 0 Å². The third kappa shape index (κ3) is 291. The fourth-order valence-electron chi connectivity index (χ4n) is 0. The van der Waals surface area contributed by atoms with E-state index in [1.807, 2.05) is 0 Å². The molecule has 0 saturated heterocycles. The second-order valence-electron chi connectivity index (χ2n) is 0. The predicted octanol–water partition coefficient (Wildman–Crippen LogP) is 0.862. The van der Waals surface area contributed by atoms with E-state index < -0.39 is 0 Å². The molecule has 0 spiro atoms. The normalized spacial score (nSPS) is 0.900. The van der Waals surface area contributed by atoms with Crippen LogP contribution in [0.5, 0.6) is 0 Å². The summed E-state index contributed by atoms with van der Waals surface area (Å²) in [5.74, 6) is 0. The summed E-state index contributed by atoms with van der Waals surface area (Å²) in [5, 5.41) is 56.2. The van der Waals surface area contributed by atoms with Crippen LogP contribution < -0.4 is 0 Å². The molecule has 0 aromatic carbocycles. The summed E-state index contributed by atoms with van der Waals surface area (Å²) in [6.45, 7) is 42.8. The van der Waals surface area contributed by atoms with E-state index in [1.165, 1.54) is 0 Å². The van der Waals surface area contributed by atoms with E-state index >= 15 is 0 Å². The van der Waals surface area contributed by atoms with Crippen LogP contribution in [-0.2, 0) is 44.1 Å². The van der Waals surface area contributed by atoms with E-state index in [0.717, 1.165) is 0 Å². The molecule has 0 aliphatic carbocycles. The van der Waals surface area contributed by atoms with E-state index in [-0.39, 0.29) is 44.1 Å². The molecule has 0 radical (unpaired) electrons. The van der Waals surface area contributed by atoms with Crippen LogP contribution in [0, 0.1) is 107 Å². The SMILES string of the molecule is [C-]#N.[C-]#N.[C-]#N.[C-]#N.[C-]#N.[C-]#N.[C-]#N.[C-]#N.[C-]#N.[Nb+5].[Ti+4]. The minimum absolute atomic E-state index is 0. The van der Waals surface area contributed by atoms with Crippen LogP contribution in [0.2, 0.25) is 0 Å². The van der Waals surface area contributed by atoms with E-state index in [9.17, 15) is 0 Å². The molecule has 0 aliphatic heterocycles. The maximum atomic E-state index is 6.25. The maximum absolute atomic E-state index is 6.25. The standard InChI is InChI=1S/9CN.Nb.Ti/c9*1-2;;/q9*-1;+5;+4. The summed E-state index contributed by atoms with van der Waals surface area (Å²) >= 11 is 0. The fourth-order valence-corrected chi connectivity index (χ4v) is 0. The van der Waals surface area contributed by atoms with Crippen molar-refractivity contribution in [2.75, 3.05) is 0 Å². The van der Waals surface area contributed by atoms with Crippen molar-refractivity contribution < 1.29 is 44.1 Å². The zero-order valence-corrected chi connectivity index (χ0v) is 13.2. The summed E-state index contributed by atoms with van der Waals surface area (Å²) in [5.41, 5.74) is 0. The summed E-state index contributed by atoms with van der Waals surface area (Å²) in [6.07, 6.45) is 0. The molecule has 0 N–H and O–H groups in total. The van der Waals surface area contributed by atoms with E-state index in [0.29, 0.717) is 0 Å². The van der Waals surface area contributed by atoms with Crippen LogP contribution in [0.4, 0.5) is 0 Å². The van der Waals surface area contributed by atoms with Crippen molar-refractivity contribution in [1.82, 2.24) is 0 Å². The van der Waals surface area contributed by atoms with Gasteiger partial charge in [0.2, 0.25) is 0 Å². The van der Waals surface area contributed by atoms with Crippen molar-refractivity contribution in [1.29, 1.82) is 47.4 Å². The van der Waals surface area contributed by atoms with Crippen LogP contribution in [0.1, 0.15) is 0 Å². The Hall–Kier alpha value is -3.14. The topological polar surface area (TPSA) is 214 Å². The fraction of sp³-hybridized carbons (Fsp3) is 0. The molecule has 0 unspecified atom stereocenters. The summed E-state index contributed by atoms with van der Waals surface area (Å²) in [6, 6.07) is 0. The van der Waals surface area contributed by atoms with Crippen molar-refractivity contribution in [3.8, 4) is 0 Å². The molecule has 20 heavy (non-hydrogen) atoms. The van der Waals surface area contributed by atoms with E-state index in [4.69, 9.17) is 107 Å². The van der Waals surface area contributed by atoms with Gasteiger partial charge in [-0.15, -0.1) is 0 Å². The zero-order chi connectivity index (χ0) is 18.0. The number of hydrogen-bond acceptors (Lipinski definition) is 9. The molecule has 0 aromatic rings. The number of nitrogens with zero attached hydrogens (tertiary/aromatic N) is 9.